The molecule has 1 aliphatic heterocycles. The molecule has 7 heteroatoms. The average molecular weight is 912 g/mol. The van der Waals surface area contributed by atoms with Crippen LogP contribution in [0.3, 0.4) is 0 Å². The van der Waals surface area contributed by atoms with E-state index in [1.54, 1.807) is 0 Å². The second-order valence-electron chi connectivity index (χ2n) is 18.5. The molecule has 0 bridgehead atoms. The first-order valence-corrected chi connectivity index (χ1v) is 27.0. The molecule has 4 rings (SSSR count). The Morgan fingerprint density at radius 1 is 0.273 bits per heavy atom. The Morgan fingerprint density at radius 2 is 0.515 bits per heavy atom. The summed E-state index contributed by atoms with van der Waals surface area (Å²) in [4.78, 5) is 2.53. The first kappa shape index (κ1) is 55.7. The van der Waals surface area contributed by atoms with Gasteiger partial charge < -0.3 is 28.4 Å². The molecule has 0 aromatic heterocycles. The van der Waals surface area contributed by atoms with Crippen LogP contribution in [0.1, 0.15) is 184 Å². The van der Waals surface area contributed by atoms with Crippen molar-refractivity contribution in [1.29, 1.82) is 0 Å². The predicted octanol–water partition coefficient (Wildman–Crippen LogP) is 15.0. The van der Waals surface area contributed by atoms with Crippen molar-refractivity contribution >= 4 is 0 Å². The Bertz CT molecular complexity index is 1360. The van der Waals surface area contributed by atoms with Crippen LogP contribution in [0.25, 0.3) is 0 Å². The molecule has 0 saturated heterocycles. The summed E-state index contributed by atoms with van der Waals surface area (Å²) in [7, 11) is 0. The summed E-state index contributed by atoms with van der Waals surface area (Å²) in [5.74, 6) is 0. The highest BCUT2D eigenvalue weighted by Crippen LogP contribution is 2.42. The van der Waals surface area contributed by atoms with Crippen LogP contribution in [0.15, 0.2) is 103 Å². The number of nitrogens with zero attached hydrogens (tertiary/aromatic N) is 1. The molecule has 1 aliphatic rings. The summed E-state index contributed by atoms with van der Waals surface area (Å²) in [5, 5.41) is 0. The van der Waals surface area contributed by atoms with Crippen LogP contribution in [0.2, 0.25) is 0 Å². The van der Waals surface area contributed by atoms with Crippen LogP contribution in [-0.4, -0.2) is 84.4 Å². The highest BCUT2D eigenvalue weighted by Gasteiger charge is 2.41. The predicted molar refractivity (Wildman–Crippen MR) is 275 cm³/mol. The van der Waals surface area contributed by atoms with Gasteiger partial charge in [0.25, 0.3) is 0 Å². The van der Waals surface area contributed by atoms with E-state index in [0.29, 0.717) is 53.1 Å². The Balaban J connectivity index is 1.22. The maximum atomic E-state index is 6.21. The van der Waals surface area contributed by atoms with Crippen LogP contribution >= 0.6 is 0 Å². The third kappa shape index (κ3) is 24.9. The number of hydrogen-bond donors (Lipinski definition) is 0. The van der Waals surface area contributed by atoms with Gasteiger partial charge in [0, 0.05) is 39.5 Å². The Morgan fingerprint density at radius 3 is 0.803 bits per heavy atom. The Labute approximate surface area is 403 Å². The van der Waals surface area contributed by atoms with Crippen LogP contribution in [-0.2, 0) is 34.0 Å². The van der Waals surface area contributed by atoms with E-state index < -0.39 is 5.54 Å². The van der Waals surface area contributed by atoms with E-state index in [1.165, 1.54) is 171 Å². The van der Waals surface area contributed by atoms with Crippen LogP contribution in [0.5, 0.6) is 0 Å². The minimum absolute atomic E-state index is 0.314. The van der Waals surface area contributed by atoms with Crippen molar-refractivity contribution < 1.29 is 28.4 Å². The normalized spacial score (nSPS) is 21.2. The van der Waals surface area contributed by atoms with Gasteiger partial charge in [-0.2, -0.15) is 0 Å². The fourth-order valence-electron chi connectivity index (χ4n) is 9.38. The lowest BCUT2D eigenvalue weighted by Crippen LogP contribution is -2.50. The van der Waals surface area contributed by atoms with Crippen LogP contribution in [0, 0.1) is 0 Å². The van der Waals surface area contributed by atoms with Gasteiger partial charge >= 0.3 is 0 Å². The SMILES string of the molecule is C1=C\COCCCCCCCCCCCCCCCOCOCCN(C(c2ccccc2)(c2ccccc2)c2ccccc2)CCOCOCCCCCCCCCCCCCCCOC/1. The lowest BCUT2D eigenvalue weighted by Gasteiger charge is -2.45. The topological polar surface area (TPSA) is 58.6 Å². The summed E-state index contributed by atoms with van der Waals surface area (Å²) in [6.07, 6.45) is 38.1. The molecule has 0 N–H and O–H groups in total. The number of hydrogen-bond acceptors (Lipinski definition) is 7. The monoisotopic (exact) mass is 912 g/mol. The van der Waals surface area contributed by atoms with Crippen molar-refractivity contribution in [3.8, 4) is 0 Å². The quantitative estimate of drug-likeness (QED) is 0.191. The molecule has 0 spiro atoms. The molecule has 370 valence electrons. The van der Waals surface area contributed by atoms with Gasteiger partial charge in [0.15, 0.2) is 0 Å². The largest absolute Gasteiger partial charge is 0.377 e. The van der Waals surface area contributed by atoms with Gasteiger partial charge in [0.05, 0.1) is 32.0 Å². The van der Waals surface area contributed by atoms with E-state index in [9.17, 15) is 0 Å². The Kier molecular flexibility index (Phi) is 33.8. The van der Waals surface area contributed by atoms with Gasteiger partial charge in [-0.25, -0.2) is 0 Å². The first-order valence-electron chi connectivity index (χ1n) is 27.0. The summed E-state index contributed by atoms with van der Waals surface area (Å²) < 4.78 is 36.0. The molecule has 0 radical (unpaired) electrons. The molecule has 7 nitrogen and oxygen atoms in total. The van der Waals surface area contributed by atoms with Gasteiger partial charge in [0.1, 0.15) is 13.6 Å². The number of rotatable bonds is 4. The maximum Gasteiger partial charge on any atom is 0.146 e. The number of ether oxygens (including phenoxy) is 6. The summed E-state index contributed by atoms with van der Waals surface area (Å²) in [5.41, 5.74) is 3.10. The molecule has 0 atom stereocenters. The second-order valence-corrected chi connectivity index (χ2v) is 18.5. The van der Waals surface area contributed by atoms with Crippen molar-refractivity contribution in [2.75, 3.05) is 79.5 Å². The minimum Gasteiger partial charge on any atom is -0.377 e. The number of benzene rings is 3. The van der Waals surface area contributed by atoms with Crippen molar-refractivity contribution in [2.24, 2.45) is 0 Å². The third-order valence-corrected chi connectivity index (χ3v) is 13.1. The van der Waals surface area contributed by atoms with E-state index in [1.807, 2.05) is 0 Å². The first-order chi connectivity index (χ1) is 32.9. The molecule has 3 aromatic carbocycles. The molecule has 3 aromatic rings. The van der Waals surface area contributed by atoms with E-state index in [4.69, 9.17) is 28.4 Å². The van der Waals surface area contributed by atoms with E-state index in [0.717, 1.165) is 39.3 Å². The molecule has 0 amide bonds. The summed E-state index contributed by atoms with van der Waals surface area (Å²) in [6.45, 7) is 7.80. The van der Waals surface area contributed by atoms with Gasteiger partial charge in [-0.1, -0.05) is 244 Å². The van der Waals surface area contributed by atoms with Crippen molar-refractivity contribution in [3.63, 3.8) is 0 Å². The molecule has 0 aliphatic carbocycles. The van der Waals surface area contributed by atoms with Crippen molar-refractivity contribution in [3.05, 3.63) is 120 Å². The average Bonchev–Trinajstić information content (AvgIpc) is 3.35. The zero-order chi connectivity index (χ0) is 45.9. The van der Waals surface area contributed by atoms with Gasteiger partial charge in [-0.3, -0.25) is 4.90 Å². The van der Waals surface area contributed by atoms with E-state index in [-0.39, 0.29) is 0 Å². The van der Waals surface area contributed by atoms with Crippen LogP contribution < -0.4 is 0 Å². The molecule has 1 heterocycles. The van der Waals surface area contributed by atoms with Crippen LogP contribution in [0.4, 0.5) is 0 Å². The molecular formula is C59H93NO6. The molecule has 66 heavy (non-hydrogen) atoms. The van der Waals surface area contributed by atoms with Gasteiger partial charge in [-0.15, -0.1) is 0 Å². The minimum atomic E-state index is -0.550. The zero-order valence-electron chi connectivity index (χ0n) is 41.6. The highest BCUT2D eigenvalue weighted by atomic mass is 16.7. The highest BCUT2D eigenvalue weighted by molar-refractivity contribution is 5.49. The zero-order valence-corrected chi connectivity index (χ0v) is 41.6. The fraction of sp³-hybridized carbons (Fsp3) is 0.661. The molecular weight excluding hydrogens is 819 g/mol. The molecule has 0 fully saturated rings. The van der Waals surface area contributed by atoms with Gasteiger partial charge in [-0.05, 0) is 42.4 Å². The smallest absolute Gasteiger partial charge is 0.146 e. The summed E-state index contributed by atoms with van der Waals surface area (Å²) in [6, 6.07) is 32.7. The second kappa shape index (κ2) is 40.0. The van der Waals surface area contributed by atoms with E-state index in [2.05, 4.69) is 108 Å². The standard InChI is InChI=1S/C59H93NO6/c1-3-7-11-15-19-32-46-61-48-36-37-49-62-47-33-20-16-12-8-4-2-6-10-14-18-22-35-51-64-55-66-53-45-60(44-52-65-54-63-50-34-21-17-13-9-5-1)59(56-38-26-23-27-39-56,57-40-28-24-29-41-57)58-42-30-25-31-43-58/h23-31,36-43H,1-22,32-35,44-55H2/b37-36-. The molecule has 0 unspecified atom stereocenters. The maximum absolute atomic E-state index is 6.21. The van der Waals surface area contributed by atoms with Gasteiger partial charge in [0.2, 0.25) is 0 Å². The third-order valence-electron chi connectivity index (χ3n) is 13.1. The van der Waals surface area contributed by atoms with Crippen molar-refractivity contribution in [1.82, 2.24) is 4.90 Å². The van der Waals surface area contributed by atoms with E-state index >= 15 is 0 Å². The molecule has 0 saturated carbocycles. The summed E-state index contributed by atoms with van der Waals surface area (Å²) >= 11 is 0. The lowest BCUT2D eigenvalue weighted by molar-refractivity contribution is -0.0754. The Hall–Kier alpha value is -2.88. The fourth-order valence-corrected chi connectivity index (χ4v) is 9.38. The lowest BCUT2D eigenvalue weighted by atomic mass is 9.75. The van der Waals surface area contributed by atoms with Crippen molar-refractivity contribution in [2.45, 2.75) is 172 Å².